The van der Waals surface area contributed by atoms with Crippen molar-refractivity contribution >= 4 is 11.6 Å². The van der Waals surface area contributed by atoms with Crippen LogP contribution in [0.1, 0.15) is 38.7 Å². The van der Waals surface area contributed by atoms with E-state index in [2.05, 4.69) is 19.0 Å². The average molecular weight is 336 g/mol. The third-order valence-electron chi connectivity index (χ3n) is 4.30. The zero-order chi connectivity index (χ0) is 17.5. The second-order valence-electron chi connectivity index (χ2n) is 5.84. The Morgan fingerprint density at radius 3 is 2.83 bits per heavy atom. The minimum absolute atomic E-state index is 0.0871. The molecule has 5 nitrogen and oxygen atoms in total. The van der Waals surface area contributed by atoms with Crippen molar-refractivity contribution in [3.63, 3.8) is 0 Å². The minimum atomic E-state index is -0.652. The van der Waals surface area contributed by atoms with Crippen molar-refractivity contribution in [3.8, 4) is 0 Å². The molecule has 0 saturated heterocycles. The first-order valence-corrected chi connectivity index (χ1v) is 8.38. The number of amides is 1. The molecule has 0 aliphatic carbocycles. The normalized spacial score (nSPS) is 16.9. The van der Waals surface area contributed by atoms with Crippen LogP contribution in [0.3, 0.4) is 0 Å². The molecule has 0 fully saturated rings. The monoisotopic (exact) mass is 336 g/mol. The van der Waals surface area contributed by atoms with Crippen molar-refractivity contribution in [1.29, 1.82) is 0 Å². The number of benzene rings is 1. The molecule has 0 spiro atoms. The predicted octanol–water partition coefficient (Wildman–Crippen LogP) is 2.98. The molecule has 0 N–H and O–H groups in total. The van der Waals surface area contributed by atoms with Crippen molar-refractivity contribution in [2.45, 2.75) is 45.3 Å². The second kappa shape index (κ2) is 8.78. The molecule has 24 heavy (non-hydrogen) atoms. The number of hydrogen-bond acceptors (Lipinski definition) is 4. The van der Waals surface area contributed by atoms with Gasteiger partial charge >= 0.3 is 0 Å². The molecule has 132 valence electrons. The molecule has 1 aliphatic rings. The van der Waals surface area contributed by atoms with Gasteiger partial charge in [-0.1, -0.05) is 31.1 Å². The lowest BCUT2D eigenvalue weighted by Crippen LogP contribution is -2.46. The molecule has 1 unspecified atom stereocenters. The van der Waals surface area contributed by atoms with Crippen LogP contribution in [-0.2, 0) is 14.4 Å². The van der Waals surface area contributed by atoms with E-state index in [4.69, 9.17) is 9.57 Å². The van der Waals surface area contributed by atoms with Gasteiger partial charge in [0.1, 0.15) is 5.82 Å². The molecule has 0 radical (unpaired) electrons. The Labute approximate surface area is 142 Å². The summed E-state index contributed by atoms with van der Waals surface area (Å²) < 4.78 is 18.5. The van der Waals surface area contributed by atoms with Gasteiger partial charge in [-0.3, -0.25) is 4.79 Å². The summed E-state index contributed by atoms with van der Waals surface area (Å²) in [4.78, 5) is 20.0. The fraction of sp³-hybridized carbons (Fsp3) is 0.556. The summed E-state index contributed by atoms with van der Waals surface area (Å²) in [6.07, 6.45) is 1.44. The fourth-order valence-corrected chi connectivity index (χ4v) is 2.93. The molecule has 1 heterocycles. The number of halogens is 1. The first-order valence-electron chi connectivity index (χ1n) is 8.38. The molecule has 1 aromatic carbocycles. The van der Waals surface area contributed by atoms with E-state index < -0.39 is 6.10 Å². The summed E-state index contributed by atoms with van der Waals surface area (Å²) in [7, 11) is 1.62. The smallest absolute Gasteiger partial charge is 0.267 e. The van der Waals surface area contributed by atoms with Crippen LogP contribution in [-0.4, -0.2) is 48.9 Å². The SMILES string of the molecule is CCC(CC)N(CCOC)C(=O)C1CC(c2cccc(F)c2)=NO1. The van der Waals surface area contributed by atoms with Gasteiger partial charge in [0.15, 0.2) is 0 Å². The Balaban J connectivity index is 2.06. The maximum absolute atomic E-state index is 13.4. The third kappa shape index (κ3) is 4.32. The molecule has 1 atom stereocenters. The lowest BCUT2D eigenvalue weighted by molar-refractivity contribution is -0.145. The van der Waals surface area contributed by atoms with Crippen LogP contribution in [0.5, 0.6) is 0 Å². The summed E-state index contributed by atoms with van der Waals surface area (Å²) in [6.45, 7) is 5.13. The van der Waals surface area contributed by atoms with Gasteiger partial charge in [-0.05, 0) is 25.0 Å². The largest absolute Gasteiger partial charge is 0.383 e. The van der Waals surface area contributed by atoms with E-state index in [0.717, 1.165) is 12.8 Å². The molecule has 0 aromatic heterocycles. The van der Waals surface area contributed by atoms with Gasteiger partial charge < -0.3 is 14.5 Å². The number of carbonyl (C=O) groups is 1. The van der Waals surface area contributed by atoms with Gasteiger partial charge in [0.25, 0.3) is 5.91 Å². The number of oxime groups is 1. The van der Waals surface area contributed by atoms with Crippen LogP contribution in [0, 0.1) is 5.82 Å². The number of nitrogens with zero attached hydrogens (tertiary/aromatic N) is 2. The second-order valence-corrected chi connectivity index (χ2v) is 5.84. The minimum Gasteiger partial charge on any atom is -0.383 e. The first-order chi connectivity index (χ1) is 11.6. The van der Waals surface area contributed by atoms with Gasteiger partial charge in [0.2, 0.25) is 6.10 Å². The fourth-order valence-electron chi connectivity index (χ4n) is 2.93. The zero-order valence-corrected chi connectivity index (χ0v) is 14.5. The quantitative estimate of drug-likeness (QED) is 0.733. The van der Waals surface area contributed by atoms with Crippen LogP contribution in [0.25, 0.3) is 0 Å². The highest BCUT2D eigenvalue weighted by Gasteiger charge is 2.34. The third-order valence-corrected chi connectivity index (χ3v) is 4.30. The lowest BCUT2D eigenvalue weighted by atomic mass is 10.0. The van der Waals surface area contributed by atoms with Crippen molar-refractivity contribution in [3.05, 3.63) is 35.6 Å². The van der Waals surface area contributed by atoms with Crippen LogP contribution in [0.15, 0.2) is 29.4 Å². The summed E-state index contributed by atoms with van der Waals surface area (Å²) in [6, 6.07) is 6.31. The summed E-state index contributed by atoms with van der Waals surface area (Å²) >= 11 is 0. The van der Waals surface area contributed by atoms with Crippen molar-refractivity contribution in [2.75, 3.05) is 20.3 Å². The standard InChI is InChI=1S/C18H25FN2O3/c1-4-15(5-2)21(9-10-23-3)18(22)17-12-16(20-24-17)13-7-6-8-14(19)11-13/h6-8,11,15,17H,4-5,9-10,12H2,1-3H3. The van der Waals surface area contributed by atoms with E-state index in [-0.39, 0.29) is 17.8 Å². The number of carbonyl (C=O) groups excluding carboxylic acids is 1. The van der Waals surface area contributed by atoms with Crippen LogP contribution < -0.4 is 0 Å². The highest BCUT2D eigenvalue weighted by molar-refractivity contribution is 6.04. The Morgan fingerprint density at radius 2 is 2.21 bits per heavy atom. The Hall–Kier alpha value is -1.95. The maximum atomic E-state index is 13.4. The average Bonchev–Trinajstić information content (AvgIpc) is 3.08. The van der Waals surface area contributed by atoms with Crippen LogP contribution in [0.2, 0.25) is 0 Å². The van der Waals surface area contributed by atoms with Gasteiger partial charge in [-0.15, -0.1) is 0 Å². The summed E-state index contributed by atoms with van der Waals surface area (Å²) in [5.74, 6) is -0.417. The van der Waals surface area contributed by atoms with E-state index in [1.807, 2.05) is 4.90 Å². The predicted molar refractivity (Wildman–Crippen MR) is 90.4 cm³/mol. The molecule has 1 amide bonds. The van der Waals surface area contributed by atoms with Crippen LogP contribution >= 0.6 is 0 Å². The molecule has 1 aromatic rings. The summed E-state index contributed by atoms with van der Waals surface area (Å²) in [5, 5.41) is 3.99. The summed E-state index contributed by atoms with van der Waals surface area (Å²) in [5.41, 5.74) is 1.25. The maximum Gasteiger partial charge on any atom is 0.267 e. The van der Waals surface area contributed by atoms with E-state index in [1.54, 1.807) is 19.2 Å². The number of hydrogen-bond donors (Lipinski definition) is 0. The lowest BCUT2D eigenvalue weighted by Gasteiger charge is -2.31. The van der Waals surface area contributed by atoms with Crippen molar-refractivity contribution < 1.29 is 18.8 Å². The molecule has 0 bridgehead atoms. The van der Waals surface area contributed by atoms with E-state index in [0.29, 0.717) is 30.8 Å². The topological polar surface area (TPSA) is 51.1 Å². The number of rotatable bonds is 8. The van der Waals surface area contributed by atoms with E-state index >= 15 is 0 Å². The molecule has 6 heteroatoms. The van der Waals surface area contributed by atoms with Crippen LogP contribution in [0.4, 0.5) is 4.39 Å². The Morgan fingerprint density at radius 1 is 1.46 bits per heavy atom. The number of ether oxygens (including phenoxy) is 1. The molecular formula is C18H25FN2O3. The molecule has 2 rings (SSSR count). The Kier molecular flexibility index (Phi) is 6.73. The first kappa shape index (κ1) is 18.4. The zero-order valence-electron chi connectivity index (χ0n) is 14.5. The Bertz CT molecular complexity index is 587. The van der Waals surface area contributed by atoms with Gasteiger partial charge in [-0.2, -0.15) is 0 Å². The highest BCUT2D eigenvalue weighted by atomic mass is 19.1. The van der Waals surface area contributed by atoms with Crippen molar-refractivity contribution in [1.82, 2.24) is 4.90 Å². The van der Waals surface area contributed by atoms with Crippen molar-refractivity contribution in [2.24, 2.45) is 5.16 Å². The van der Waals surface area contributed by atoms with Gasteiger partial charge in [0, 0.05) is 31.7 Å². The molecular weight excluding hydrogens is 311 g/mol. The molecule has 0 saturated carbocycles. The van der Waals surface area contributed by atoms with E-state index in [9.17, 15) is 9.18 Å². The van der Waals surface area contributed by atoms with E-state index in [1.165, 1.54) is 12.1 Å². The highest BCUT2D eigenvalue weighted by Crippen LogP contribution is 2.21. The number of methoxy groups -OCH3 is 1. The van der Waals surface area contributed by atoms with Gasteiger partial charge in [-0.25, -0.2) is 4.39 Å². The molecule has 1 aliphatic heterocycles. The van der Waals surface area contributed by atoms with Gasteiger partial charge in [0.05, 0.1) is 12.3 Å².